The zero-order valence-electron chi connectivity index (χ0n) is 23.9. The van der Waals surface area contributed by atoms with E-state index in [1.165, 1.54) is 48.4 Å². The normalized spacial score (nSPS) is 12.0. The largest absolute Gasteiger partial charge is 0.497 e. The van der Waals surface area contributed by atoms with Crippen molar-refractivity contribution in [3.05, 3.63) is 90.2 Å². The topological polar surface area (TPSA) is 96.0 Å². The summed E-state index contributed by atoms with van der Waals surface area (Å²) in [5.41, 5.74) is 1.10. The molecule has 3 rings (SSSR count). The quantitative estimate of drug-likeness (QED) is 0.298. The first-order valence-electron chi connectivity index (χ1n) is 13.6. The molecule has 1 unspecified atom stereocenters. The molecule has 8 nitrogen and oxygen atoms in total. The van der Waals surface area contributed by atoms with Crippen LogP contribution in [0.4, 0.5) is 10.1 Å². The van der Waals surface area contributed by atoms with Crippen molar-refractivity contribution in [3.8, 4) is 5.75 Å². The van der Waals surface area contributed by atoms with Crippen LogP contribution in [0.15, 0.2) is 83.8 Å². The van der Waals surface area contributed by atoms with Crippen molar-refractivity contribution in [1.82, 2.24) is 10.2 Å². The number of rotatable bonds is 14. The monoisotopic (exact) mass is 583 g/mol. The van der Waals surface area contributed by atoms with Crippen molar-refractivity contribution in [3.63, 3.8) is 0 Å². The molecule has 0 aliphatic carbocycles. The molecule has 0 fully saturated rings. The summed E-state index contributed by atoms with van der Waals surface area (Å²) < 4.78 is 47.6. The molecule has 0 bridgehead atoms. The molecule has 0 aliphatic rings. The maximum atomic E-state index is 14.0. The molecular weight excluding hydrogens is 545 g/mol. The Morgan fingerprint density at radius 1 is 0.951 bits per heavy atom. The van der Waals surface area contributed by atoms with E-state index in [0.717, 1.165) is 22.0 Å². The van der Waals surface area contributed by atoms with Gasteiger partial charge in [0.25, 0.3) is 10.0 Å². The second-order valence-corrected chi connectivity index (χ2v) is 11.9. The fourth-order valence-corrected chi connectivity index (χ4v) is 5.74. The van der Waals surface area contributed by atoms with Gasteiger partial charge in [0.05, 0.1) is 17.7 Å². The third-order valence-electron chi connectivity index (χ3n) is 6.60. The number of hydrogen-bond acceptors (Lipinski definition) is 5. The average molecular weight is 584 g/mol. The summed E-state index contributed by atoms with van der Waals surface area (Å²) in [6.45, 7) is 5.84. The zero-order chi connectivity index (χ0) is 30.0. The summed E-state index contributed by atoms with van der Waals surface area (Å²) in [5.74, 6) is -0.700. The van der Waals surface area contributed by atoms with Gasteiger partial charge in [0, 0.05) is 13.1 Å². The van der Waals surface area contributed by atoms with Crippen LogP contribution in [-0.4, -0.2) is 57.9 Å². The Kier molecular flexibility index (Phi) is 11.3. The van der Waals surface area contributed by atoms with Gasteiger partial charge in [-0.1, -0.05) is 51.1 Å². The van der Waals surface area contributed by atoms with Crippen LogP contribution in [-0.2, 0) is 26.0 Å². The van der Waals surface area contributed by atoms with E-state index in [1.807, 2.05) is 51.1 Å². The smallest absolute Gasteiger partial charge is 0.264 e. The minimum absolute atomic E-state index is 0.0621. The van der Waals surface area contributed by atoms with Crippen molar-refractivity contribution in [2.75, 3.05) is 31.0 Å². The molecule has 0 aliphatic heterocycles. The lowest BCUT2D eigenvalue weighted by atomic mass is 10.1. The van der Waals surface area contributed by atoms with E-state index in [4.69, 9.17) is 4.74 Å². The predicted molar refractivity (Wildman–Crippen MR) is 158 cm³/mol. The Hall–Kier alpha value is -3.92. The van der Waals surface area contributed by atoms with Gasteiger partial charge in [-0.3, -0.25) is 13.9 Å². The number of benzene rings is 3. The molecule has 1 atom stereocenters. The van der Waals surface area contributed by atoms with E-state index in [2.05, 4.69) is 5.32 Å². The summed E-state index contributed by atoms with van der Waals surface area (Å²) in [6.07, 6.45) is 0.814. The number of nitrogens with one attached hydrogen (secondary N) is 1. The Balaban J connectivity index is 1.99. The molecule has 0 spiro atoms. The fourth-order valence-electron chi connectivity index (χ4n) is 4.33. The number of carbonyl (C=O) groups is 2. The van der Waals surface area contributed by atoms with Gasteiger partial charge >= 0.3 is 0 Å². The molecular formula is C31H38FN3O5S. The van der Waals surface area contributed by atoms with E-state index < -0.39 is 34.3 Å². The maximum absolute atomic E-state index is 14.0. The highest BCUT2D eigenvalue weighted by molar-refractivity contribution is 7.92. The van der Waals surface area contributed by atoms with Gasteiger partial charge in [0.1, 0.15) is 24.2 Å². The molecule has 10 heteroatoms. The highest BCUT2D eigenvalue weighted by Gasteiger charge is 2.33. The van der Waals surface area contributed by atoms with E-state index >= 15 is 0 Å². The minimum Gasteiger partial charge on any atom is -0.497 e. The standard InChI is InChI=1S/C31H38FN3O5S/c1-5-29(31(37)33-21-23(2)3)34(20-19-24-9-7-6-8-10-24)30(36)22-35(26-13-11-25(32)12-14-26)41(38,39)28-17-15-27(40-4)16-18-28/h6-18,23,29H,5,19-22H2,1-4H3,(H,33,37). The summed E-state index contributed by atoms with van der Waals surface area (Å²) >= 11 is 0. The summed E-state index contributed by atoms with van der Waals surface area (Å²) in [6, 6.07) is 19.4. The van der Waals surface area contributed by atoms with Crippen molar-refractivity contribution in [1.29, 1.82) is 0 Å². The minimum atomic E-state index is -4.25. The van der Waals surface area contributed by atoms with Crippen LogP contribution in [0.3, 0.4) is 0 Å². The highest BCUT2D eigenvalue weighted by Crippen LogP contribution is 2.26. The molecule has 0 heterocycles. The zero-order valence-corrected chi connectivity index (χ0v) is 24.7. The number of amides is 2. The van der Waals surface area contributed by atoms with Crippen LogP contribution in [0.1, 0.15) is 32.8 Å². The molecule has 2 amide bonds. The first kappa shape index (κ1) is 31.6. The number of anilines is 1. The van der Waals surface area contributed by atoms with Crippen LogP contribution in [0.25, 0.3) is 0 Å². The van der Waals surface area contributed by atoms with Crippen molar-refractivity contribution in [2.24, 2.45) is 5.92 Å². The van der Waals surface area contributed by atoms with Crippen molar-refractivity contribution in [2.45, 2.75) is 44.6 Å². The first-order valence-corrected chi connectivity index (χ1v) is 15.0. The number of carbonyl (C=O) groups excluding carboxylic acids is 2. The molecule has 220 valence electrons. The van der Waals surface area contributed by atoms with E-state index in [0.29, 0.717) is 25.1 Å². The summed E-state index contributed by atoms with van der Waals surface area (Å²) in [4.78, 5) is 28.6. The number of sulfonamides is 1. The second-order valence-electron chi connectivity index (χ2n) is 10.0. The van der Waals surface area contributed by atoms with E-state index in [1.54, 1.807) is 0 Å². The van der Waals surface area contributed by atoms with Gasteiger partial charge in [-0.25, -0.2) is 12.8 Å². The number of methoxy groups -OCH3 is 1. The SMILES string of the molecule is CCC(C(=O)NCC(C)C)N(CCc1ccccc1)C(=O)CN(c1ccc(F)cc1)S(=O)(=O)c1ccc(OC)cc1. The lowest BCUT2D eigenvalue weighted by molar-refractivity contribution is -0.139. The molecule has 0 aromatic heterocycles. The van der Waals surface area contributed by atoms with Crippen molar-refractivity contribution >= 4 is 27.5 Å². The second kappa shape index (κ2) is 14.6. The third-order valence-corrected chi connectivity index (χ3v) is 8.38. The number of nitrogens with zero attached hydrogens (tertiary/aromatic N) is 2. The van der Waals surface area contributed by atoms with Crippen LogP contribution in [0, 0.1) is 11.7 Å². The number of ether oxygens (including phenoxy) is 1. The molecule has 0 radical (unpaired) electrons. The lowest BCUT2D eigenvalue weighted by Crippen LogP contribution is -2.53. The molecule has 3 aromatic rings. The Labute approximate surface area is 242 Å². The molecule has 41 heavy (non-hydrogen) atoms. The maximum Gasteiger partial charge on any atom is 0.264 e. The summed E-state index contributed by atoms with van der Waals surface area (Å²) in [5, 5.41) is 2.91. The number of hydrogen-bond donors (Lipinski definition) is 1. The Morgan fingerprint density at radius 2 is 1.59 bits per heavy atom. The van der Waals surface area contributed by atoms with Gasteiger partial charge in [0.15, 0.2) is 0 Å². The summed E-state index contributed by atoms with van der Waals surface area (Å²) in [7, 11) is -2.78. The highest BCUT2D eigenvalue weighted by atomic mass is 32.2. The van der Waals surface area contributed by atoms with E-state index in [9.17, 15) is 22.4 Å². The average Bonchev–Trinajstić information content (AvgIpc) is 2.97. The number of halogens is 1. The van der Waals surface area contributed by atoms with E-state index in [-0.39, 0.29) is 29.0 Å². The first-order chi connectivity index (χ1) is 19.6. The van der Waals surface area contributed by atoms with Gasteiger partial charge in [-0.15, -0.1) is 0 Å². The van der Waals surface area contributed by atoms with Crippen LogP contribution in [0.2, 0.25) is 0 Å². The van der Waals surface area contributed by atoms with Crippen molar-refractivity contribution < 1.29 is 27.1 Å². The molecule has 0 saturated heterocycles. The predicted octanol–water partition coefficient (Wildman–Crippen LogP) is 4.65. The molecule has 1 N–H and O–H groups in total. The Bertz CT molecular complexity index is 1380. The van der Waals surface area contributed by atoms with Gasteiger partial charge < -0.3 is 15.0 Å². The molecule has 0 saturated carbocycles. The Morgan fingerprint density at radius 3 is 2.15 bits per heavy atom. The third kappa shape index (κ3) is 8.53. The van der Waals surface area contributed by atoms with Gasteiger partial charge in [-0.05, 0) is 72.9 Å². The van der Waals surface area contributed by atoms with Gasteiger partial charge in [-0.2, -0.15) is 0 Å². The fraction of sp³-hybridized carbons (Fsp3) is 0.355. The molecule has 3 aromatic carbocycles. The van der Waals surface area contributed by atoms with Crippen LogP contribution >= 0.6 is 0 Å². The lowest BCUT2D eigenvalue weighted by Gasteiger charge is -2.33. The van der Waals surface area contributed by atoms with Crippen LogP contribution < -0.4 is 14.4 Å². The van der Waals surface area contributed by atoms with Gasteiger partial charge in [0.2, 0.25) is 11.8 Å². The van der Waals surface area contributed by atoms with Crippen LogP contribution in [0.5, 0.6) is 5.75 Å².